The summed E-state index contributed by atoms with van der Waals surface area (Å²) in [5, 5.41) is 0. The van der Waals surface area contributed by atoms with E-state index >= 15 is 0 Å². The standard InChI is InChI=1S/HO2PS/c1-4(2)3/h3H. The molecule has 0 heterocycles. The summed E-state index contributed by atoms with van der Waals surface area (Å²) in [5.74, 6) is 0. The highest BCUT2D eigenvalue weighted by molar-refractivity contribution is 7.98. The molecule has 0 aromatic heterocycles. The van der Waals surface area contributed by atoms with Gasteiger partial charge in [-0.2, -0.15) is 8.42 Å². The summed E-state index contributed by atoms with van der Waals surface area (Å²) < 4.78 is 17.8. The van der Waals surface area contributed by atoms with E-state index in [1.54, 1.807) is 0 Å². The molecule has 24 valence electrons. The van der Waals surface area contributed by atoms with E-state index in [4.69, 9.17) is 8.42 Å². The van der Waals surface area contributed by atoms with E-state index in [1.165, 1.54) is 0 Å². The SMILES string of the molecule is O=S(=O)=P. The van der Waals surface area contributed by atoms with Crippen LogP contribution in [0, 0.1) is 0 Å². The first-order chi connectivity index (χ1) is 1.73. The third-order valence-electron chi connectivity index (χ3n) is 0. The smallest absolute Gasteiger partial charge is 0.181 e. The second kappa shape index (κ2) is 1.44. The molecule has 0 aromatic rings. The molecule has 0 unspecified atom stereocenters. The molecule has 0 aliphatic heterocycles. The van der Waals surface area contributed by atoms with Crippen molar-refractivity contribution in [3.8, 4) is 0 Å². The third kappa shape index (κ3) is 185. The fraction of sp³-hybridized carbons (Fsp3) is 0. The van der Waals surface area contributed by atoms with Gasteiger partial charge in [0.15, 0.2) is 0 Å². The maximum Gasteiger partial charge on any atom is 0.231 e. The maximum atomic E-state index is 8.91. The van der Waals surface area contributed by atoms with Gasteiger partial charge in [0.2, 0.25) is 9.88 Å². The van der Waals surface area contributed by atoms with Crippen LogP contribution in [0.4, 0.5) is 0 Å². The molecule has 0 N–H and O–H groups in total. The van der Waals surface area contributed by atoms with Crippen LogP contribution in [-0.2, 0) is 9.88 Å². The lowest BCUT2D eigenvalue weighted by atomic mass is 15.9. The van der Waals surface area contributed by atoms with Gasteiger partial charge in [0.25, 0.3) is 0 Å². The van der Waals surface area contributed by atoms with Crippen LogP contribution in [0.2, 0.25) is 0 Å². The summed E-state index contributed by atoms with van der Waals surface area (Å²) in [6, 6.07) is 0. The van der Waals surface area contributed by atoms with Crippen LogP contribution < -0.4 is 0 Å². The van der Waals surface area contributed by atoms with E-state index in [-0.39, 0.29) is 0 Å². The molecular formula is HO2PS. The van der Waals surface area contributed by atoms with Crippen LogP contribution >= 0.6 is 8.02 Å². The average molecular weight is 96.0 g/mol. The zero-order chi connectivity index (χ0) is 3.58. The highest BCUT2D eigenvalue weighted by atomic mass is 32.5. The van der Waals surface area contributed by atoms with Gasteiger partial charge >= 0.3 is 0 Å². The van der Waals surface area contributed by atoms with Crippen molar-refractivity contribution < 1.29 is 8.42 Å². The van der Waals surface area contributed by atoms with Gasteiger partial charge in [-0.1, -0.05) is 0 Å². The van der Waals surface area contributed by atoms with E-state index in [0.717, 1.165) is 0 Å². The molecule has 4 heavy (non-hydrogen) atoms. The zero-order valence-electron chi connectivity index (χ0n) is 1.72. The van der Waals surface area contributed by atoms with Crippen molar-refractivity contribution in [3.63, 3.8) is 0 Å². The number of hydrogen-bond donors (Lipinski definition) is 0. The zero-order valence-corrected chi connectivity index (χ0v) is 3.54. The first-order valence-corrected chi connectivity index (χ1v) is 2.84. The molecule has 0 saturated carbocycles. The number of hydrogen-bond acceptors (Lipinski definition) is 2. The molecule has 4 heteroatoms. The Kier molecular flexibility index (Phi) is 1.48. The molecule has 0 bridgehead atoms. The topological polar surface area (TPSA) is 34.1 Å². The molecule has 0 aliphatic carbocycles. The minimum Gasteiger partial charge on any atom is -0.181 e. The molecule has 0 atom stereocenters. The summed E-state index contributed by atoms with van der Waals surface area (Å²) in [7, 11) is 0.173. The Bertz CT molecular complexity index is 75.4. The van der Waals surface area contributed by atoms with Crippen molar-refractivity contribution in [2.45, 2.75) is 0 Å². The summed E-state index contributed by atoms with van der Waals surface area (Å²) in [6.45, 7) is 0. The van der Waals surface area contributed by atoms with E-state index in [1.807, 2.05) is 0 Å². The lowest BCUT2D eigenvalue weighted by molar-refractivity contribution is 0.628. The Hall–Kier alpha value is 0.120. The van der Waals surface area contributed by atoms with Crippen LogP contribution in [0.15, 0.2) is 0 Å². The fourth-order valence-corrected chi connectivity index (χ4v) is 0. The molecule has 0 saturated heterocycles. The van der Waals surface area contributed by atoms with Crippen LogP contribution in [0.25, 0.3) is 0 Å². The van der Waals surface area contributed by atoms with Gasteiger partial charge in [0, 0.05) is 8.02 Å². The fourth-order valence-electron chi connectivity index (χ4n) is 0. The Morgan fingerprint density at radius 3 is 1.50 bits per heavy atom. The van der Waals surface area contributed by atoms with Crippen molar-refractivity contribution in [1.82, 2.24) is 0 Å². The van der Waals surface area contributed by atoms with Gasteiger partial charge in [0.1, 0.15) is 0 Å². The Morgan fingerprint density at radius 1 is 1.50 bits per heavy atom. The van der Waals surface area contributed by atoms with Crippen LogP contribution in [0.3, 0.4) is 0 Å². The molecule has 0 fully saturated rings. The van der Waals surface area contributed by atoms with Crippen molar-refractivity contribution in [2.24, 2.45) is 0 Å². The first kappa shape index (κ1) is 4.12. The van der Waals surface area contributed by atoms with E-state index in [2.05, 4.69) is 8.02 Å². The molecule has 0 amide bonds. The van der Waals surface area contributed by atoms with Crippen LogP contribution in [0.1, 0.15) is 0 Å². The summed E-state index contributed by atoms with van der Waals surface area (Å²) in [4.78, 5) is 0. The highest BCUT2D eigenvalue weighted by Gasteiger charge is 1.30. The van der Waals surface area contributed by atoms with Crippen molar-refractivity contribution in [1.29, 1.82) is 0 Å². The van der Waals surface area contributed by atoms with Crippen molar-refractivity contribution in [2.75, 3.05) is 0 Å². The summed E-state index contributed by atoms with van der Waals surface area (Å²) in [5.41, 5.74) is 0. The monoisotopic (exact) mass is 95.9 g/mol. The second-order valence-electron chi connectivity index (χ2n) is 0.235. The van der Waals surface area contributed by atoms with E-state index in [0.29, 0.717) is 0 Å². The van der Waals surface area contributed by atoms with E-state index < -0.39 is 9.88 Å². The Labute approximate surface area is 27.2 Å². The summed E-state index contributed by atoms with van der Waals surface area (Å²) in [6.07, 6.45) is 0. The summed E-state index contributed by atoms with van der Waals surface area (Å²) >= 11 is 0. The lowest BCUT2D eigenvalue weighted by Crippen LogP contribution is -1.28. The predicted octanol–water partition coefficient (Wildman–Crippen LogP) is -0.0767. The normalized spacial score (nSPS) is 6.00. The van der Waals surface area contributed by atoms with Gasteiger partial charge in [-0.3, -0.25) is 0 Å². The van der Waals surface area contributed by atoms with Crippen molar-refractivity contribution in [3.05, 3.63) is 0 Å². The molecule has 0 rings (SSSR count). The molecule has 0 radical (unpaired) electrons. The molecule has 2 nitrogen and oxygen atoms in total. The van der Waals surface area contributed by atoms with Crippen LogP contribution in [-0.4, -0.2) is 8.42 Å². The minimum absolute atomic E-state index is 2.06. The van der Waals surface area contributed by atoms with Gasteiger partial charge in [-0.05, 0) is 0 Å². The average Bonchev–Trinajstić information content (AvgIpc) is 0.811. The van der Waals surface area contributed by atoms with Gasteiger partial charge in [-0.25, -0.2) is 0 Å². The third-order valence-corrected chi connectivity index (χ3v) is 0. The van der Waals surface area contributed by atoms with Gasteiger partial charge in [-0.15, -0.1) is 0 Å². The molecular weight excluding hydrogens is 95.0 g/mol. The van der Waals surface area contributed by atoms with Gasteiger partial charge in [0.05, 0.1) is 0 Å². The quantitative estimate of drug-likeness (QED) is 0.395. The highest BCUT2D eigenvalue weighted by Crippen LogP contribution is 1.44. The van der Waals surface area contributed by atoms with Crippen molar-refractivity contribution >= 4 is 17.9 Å². The Morgan fingerprint density at radius 2 is 1.50 bits per heavy atom. The minimum atomic E-state index is -2.06. The predicted molar refractivity (Wildman–Crippen MR) is 17.2 cm³/mol. The molecule has 0 spiro atoms. The van der Waals surface area contributed by atoms with Crippen LogP contribution in [0.5, 0.6) is 0 Å². The maximum absolute atomic E-state index is 8.91. The molecule has 0 aromatic carbocycles. The first-order valence-electron chi connectivity index (χ1n) is 0.537. The van der Waals surface area contributed by atoms with Gasteiger partial charge < -0.3 is 0 Å². The Balaban J connectivity index is 4.65. The second-order valence-corrected chi connectivity index (χ2v) is 1.70. The lowest BCUT2D eigenvalue weighted by Gasteiger charge is -1.18. The largest absolute Gasteiger partial charge is 0.231 e. The van der Waals surface area contributed by atoms with E-state index in [9.17, 15) is 0 Å². The number of rotatable bonds is 0. The molecule has 0 aliphatic rings.